The van der Waals surface area contributed by atoms with Gasteiger partial charge in [-0.3, -0.25) is 0 Å². The number of aliphatic hydroxyl groups is 1. The quantitative estimate of drug-likeness (QED) is 0.724. The molecule has 2 rings (SSSR count). The number of hydrogen-bond donors (Lipinski definition) is 1. The number of hydrogen-bond acceptors (Lipinski definition) is 6. The van der Waals surface area contributed by atoms with Gasteiger partial charge in [-0.2, -0.15) is 4.98 Å². The third kappa shape index (κ3) is 4.72. The number of anilines is 1. The first-order valence-corrected chi connectivity index (χ1v) is 7.57. The van der Waals surface area contributed by atoms with Gasteiger partial charge in [0.25, 0.3) is 0 Å². The second kappa shape index (κ2) is 7.96. The van der Waals surface area contributed by atoms with Gasteiger partial charge in [0.15, 0.2) is 0 Å². The Morgan fingerprint density at radius 3 is 2.85 bits per heavy atom. The van der Waals surface area contributed by atoms with Crippen LogP contribution in [0.4, 0.5) is 5.82 Å². The maximum absolute atomic E-state index is 9.59. The summed E-state index contributed by atoms with van der Waals surface area (Å²) >= 11 is 2.24. The average Bonchev–Trinajstić information content (AvgIpc) is 2.46. The van der Waals surface area contributed by atoms with Crippen LogP contribution in [0.15, 0.2) is 12.1 Å². The Balaban J connectivity index is 2.00. The molecule has 7 heteroatoms. The van der Waals surface area contributed by atoms with Crippen molar-refractivity contribution in [1.82, 2.24) is 4.98 Å². The van der Waals surface area contributed by atoms with Gasteiger partial charge in [-0.1, -0.05) is 0 Å². The van der Waals surface area contributed by atoms with Crippen molar-refractivity contribution in [1.29, 1.82) is 0 Å². The lowest BCUT2D eigenvalue weighted by Crippen LogP contribution is -2.36. The van der Waals surface area contributed by atoms with Gasteiger partial charge in [0, 0.05) is 29.8 Å². The summed E-state index contributed by atoms with van der Waals surface area (Å²) in [6.45, 7) is 3.52. The first-order chi connectivity index (χ1) is 9.69. The first kappa shape index (κ1) is 15.7. The summed E-state index contributed by atoms with van der Waals surface area (Å²) < 4.78 is 16.8. The van der Waals surface area contributed by atoms with E-state index in [4.69, 9.17) is 14.2 Å². The Kier molecular flexibility index (Phi) is 6.27. The Morgan fingerprint density at radius 2 is 2.15 bits per heavy atom. The molecule has 0 radical (unpaired) electrons. The molecule has 1 aliphatic heterocycles. The van der Waals surface area contributed by atoms with Gasteiger partial charge in [0.1, 0.15) is 18.5 Å². The minimum atomic E-state index is -0.647. The molecule has 0 saturated carbocycles. The van der Waals surface area contributed by atoms with Crippen molar-refractivity contribution in [2.45, 2.75) is 6.10 Å². The maximum atomic E-state index is 9.59. The van der Waals surface area contributed by atoms with Crippen LogP contribution in [0, 0.1) is 3.57 Å². The van der Waals surface area contributed by atoms with E-state index in [0.29, 0.717) is 5.88 Å². The smallest absolute Gasteiger partial charge is 0.216 e. The lowest BCUT2D eigenvalue weighted by atomic mass is 10.3. The van der Waals surface area contributed by atoms with E-state index >= 15 is 0 Å². The molecule has 2 heterocycles. The highest BCUT2D eigenvalue weighted by molar-refractivity contribution is 14.1. The van der Waals surface area contributed by atoms with E-state index in [0.717, 1.165) is 35.7 Å². The minimum absolute atomic E-state index is 0.170. The molecule has 1 fully saturated rings. The van der Waals surface area contributed by atoms with E-state index in [2.05, 4.69) is 32.5 Å². The summed E-state index contributed by atoms with van der Waals surface area (Å²) in [6, 6.07) is 3.87. The highest BCUT2D eigenvalue weighted by atomic mass is 127. The van der Waals surface area contributed by atoms with Crippen LogP contribution >= 0.6 is 22.6 Å². The van der Waals surface area contributed by atoms with E-state index < -0.39 is 6.10 Å². The summed E-state index contributed by atoms with van der Waals surface area (Å²) in [4.78, 5) is 6.65. The van der Waals surface area contributed by atoms with Crippen LogP contribution in [-0.4, -0.2) is 62.8 Å². The van der Waals surface area contributed by atoms with Gasteiger partial charge < -0.3 is 24.2 Å². The van der Waals surface area contributed by atoms with Crippen molar-refractivity contribution in [3.63, 3.8) is 0 Å². The second-order valence-electron chi connectivity index (χ2n) is 4.50. The Bertz CT molecular complexity index is 427. The summed E-state index contributed by atoms with van der Waals surface area (Å²) in [5, 5.41) is 9.59. The number of aromatic nitrogens is 1. The topological polar surface area (TPSA) is 64.0 Å². The van der Waals surface area contributed by atoms with Crippen LogP contribution in [0.2, 0.25) is 0 Å². The SMILES string of the molecule is COCC(O)COc1cc(I)cc(N2CCOCC2)n1. The number of rotatable bonds is 6. The summed E-state index contributed by atoms with van der Waals surface area (Å²) in [5.41, 5.74) is 0. The number of morpholine rings is 1. The molecular formula is C13H19IN2O4. The lowest BCUT2D eigenvalue weighted by molar-refractivity contribution is 0.0314. The normalized spacial score (nSPS) is 17.1. The number of pyridine rings is 1. The monoisotopic (exact) mass is 394 g/mol. The zero-order chi connectivity index (χ0) is 14.4. The molecule has 0 aliphatic carbocycles. The van der Waals surface area contributed by atoms with Crippen LogP contribution in [0.3, 0.4) is 0 Å². The largest absolute Gasteiger partial charge is 0.475 e. The molecule has 20 heavy (non-hydrogen) atoms. The molecule has 0 bridgehead atoms. The van der Waals surface area contributed by atoms with Gasteiger partial charge in [-0.25, -0.2) is 0 Å². The zero-order valence-electron chi connectivity index (χ0n) is 11.4. The third-order valence-electron chi connectivity index (χ3n) is 2.87. The van der Waals surface area contributed by atoms with Crippen molar-refractivity contribution >= 4 is 28.4 Å². The number of ether oxygens (including phenoxy) is 3. The fourth-order valence-electron chi connectivity index (χ4n) is 1.91. The van der Waals surface area contributed by atoms with Gasteiger partial charge in [-0.15, -0.1) is 0 Å². The van der Waals surface area contributed by atoms with Crippen LogP contribution < -0.4 is 9.64 Å². The molecular weight excluding hydrogens is 375 g/mol. The summed E-state index contributed by atoms with van der Waals surface area (Å²) in [7, 11) is 1.55. The number of halogens is 1. The molecule has 1 atom stereocenters. The summed E-state index contributed by atoms with van der Waals surface area (Å²) in [6.07, 6.45) is -0.647. The summed E-state index contributed by atoms with van der Waals surface area (Å²) in [5.74, 6) is 1.41. The Labute approximate surface area is 132 Å². The molecule has 1 aromatic heterocycles. The third-order valence-corrected chi connectivity index (χ3v) is 3.49. The van der Waals surface area contributed by atoms with E-state index in [9.17, 15) is 5.11 Å². The number of methoxy groups -OCH3 is 1. The molecule has 1 aromatic rings. The second-order valence-corrected chi connectivity index (χ2v) is 5.75. The molecule has 112 valence electrons. The molecule has 1 N–H and O–H groups in total. The van der Waals surface area contributed by atoms with Crippen molar-refractivity contribution in [3.05, 3.63) is 15.7 Å². The van der Waals surface area contributed by atoms with Crippen LogP contribution in [-0.2, 0) is 9.47 Å². The average molecular weight is 394 g/mol. The lowest BCUT2D eigenvalue weighted by Gasteiger charge is -2.28. The first-order valence-electron chi connectivity index (χ1n) is 6.49. The molecule has 0 spiro atoms. The van der Waals surface area contributed by atoms with Crippen molar-refractivity contribution < 1.29 is 19.3 Å². The van der Waals surface area contributed by atoms with E-state index in [-0.39, 0.29) is 13.2 Å². The van der Waals surface area contributed by atoms with Crippen molar-refractivity contribution in [2.75, 3.05) is 51.5 Å². The molecule has 1 aliphatic rings. The molecule has 0 amide bonds. The van der Waals surface area contributed by atoms with E-state index in [1.165, 1.54) is 0 Å². The maximum Gasteiger partial charge on any atom is 0.216 e. The predicted octanol–water partition coefficient (Wildman–Crippen LogP) is 0.909. The highest BCUT2D eigenvalue weighted by Gasteiger charge is 2.14. The Morgan fingerprint density at radius 1 is 1.40 bits per heavy atom. The van der Waals surface area contributed by atoms with Gasteiger partial charge in [0.2, 0.25) is 5.88 Å². The van der Waals surface area contributed by atoms with Crippen molar-refractivity contribution in [3.8, 4) is 5.88 Å². The number of nitrogens with zero attached hydrogens (tertiary/aromatic N) is 2. The fourth-order valence-corrected chi connectivity index (χ4v) is 2.46. The Hall–Kier alpha value is -0.640. The standard InChI is InChI=1S/C13H19IN2O4/c1-18-8-11(17)9-20-13-7-10(14)6-12(15-13)16-2-4-19-5-3-16/h6-7,11,17H,2-5,8-9H2,1H3. The molecule has 0 aromatic carbocycles. The fraction of sp³-hybridized carbons (Fsp3) is 0.615. The van der Waals surface area contributed by atoms with E-state index in [1.54, 1.807) is 7.11 Å². The van der Waals surface area contributed by atoms with Crippen LogP contribution in [0.5, 0.6) is 5.88 Å². The zero-order valence-corrected chi connectivity index (χ0v) is 13.6. The molecule has 6 nitrogen and oxygen atoms in total. The van der Waals surface area contributed by atoms with E-state index in [1.807, 2.05) is 12.1 Å². The van der Waals surface area contributed by atoms with Gasteiger partial charge in [0.05, 0.1) is 19.8 Å². The minimum Gasteiger partial charge on any atom is -0.475 e. The van der Waals surface area contributed by atoms with Crippen molar-refractivity contribution in [2.24, 2.45) is 0 Å². The highest BCUT2D eigenvalue weighted by Crippen LogP contribution is 2.21. The predicted molar refractivity (Wildman–Crippen MR) is 83.4 cm³/mol. The van der Waals surface area contributed by atoms with Crippen LogP contribution in [0.1, 0.15) is 0 Å². The number of aliphatic hydroxyl groups excluding tert-OH is 1. The van der Waals surface area contributed by atoms with Crippen LogP contribution in [0.25, 0.3) is 0 Å². The molecule has 1 saturated heterocycles. The van der Waals surface area contributed by atoms with Gasteiger partial charge >= 0.3 is 0 Å². The van der Waals surface area contributed by atoms with Gasteiger partial charge in [-0.05, 0) is 28.7 Å². The molecule has 1 unspecified atom stereocenters.